The number of nitrogens with zero attached hydrogens (tertiary/aromatic N) is 3. The second-order valence-corrected chi connectivity index (χ2v) is 9.88. The van der Waals surface area contributed by atoms with E-state index in [1.807, 2.05) is 12.1 Å². The first-order chi connectivity index (χ1) is 16.7. The monoisotopic (exact) mass is 457 g/mol. The van der Waals surface area contributed by atoms with Crippen molar-refractivity contribution in [1.82, 2.24) is 5.32 Å². The maximum absolute atomic E-state index is 12.1. The van der Waals surface area contributed by atoms with E-state index in [0.29, 0.717) is 12.1 Å². The molecule has 0 bridgehead atoms. The summed E-state index contributed by atoms with van der Waals surface area (Å²) >= 11 is 0. The summed E-state index contributed by atoms with van der Waals surface area (Å²) in [5.41, 5.74) is 5.41. The smallest absolute Gasteiger partial charge is 0.319 e. The van der Waals surface area contributed by atoms with E-state index in [0.717, 1.165) is 56.0 Å². The van der Waals surface area contributed by atoms with Gasteiger partial charge in [0.25, 0.3) is 0 Å². The second-order valence-electron chi connectivity index (χ2n) is 9.88. The largest absolute Gasteiger partial charge is 0.378 e. The lowest BCUT2D eigenvalue weighted by Gasteiger charge is -2.41. The van der Waals surface area contributed by atoms with E-state index < -0.39 is 0 Å². The van der Waals surface area contributed by atoms with Crippen LogP contribution in [0, 0.1) is 11.3 Å². The lowest BCUT2D eigenvalue weighted by atomic mass is 9.87. The molecule has 2 atom stereocenters. The minimum Gasteiger partial charge on any atom is -0.378 e. The summed E-state index contributed by atoms with van der Waals surface area (Å²) in [7, 11) is 0. The number of urea groups is 1. The molecule has 7 heteroatoms. The van der Waals surface area contributed by atoms with E-state index in [1.54, 1.807) is 0 Å². The highest BCUT2D eigenvalue weighted by Gasteiger charge is 2.44. The summed E-state index contributed by atoms with van der Waals surface area (Å²) in [6.45, 7) is 3.26. The van der Waals surface area contributed by atoms with Crippen molar-refractivity contribution in [3.63, 3.8) is 0 Å². The van der Waals surface area contributed by atoms with Gasteiger partial charge in [0.2, 0.25) is 0 Å². The Balaban J connectivity index is 1.29. The molecule has 2 saturated carbocycles. The molecule has 1 saturated heterocycles. The number of morpholine rings is 1. The molecule has 6 rings (SSSR count). The van der Waals surface area contributed by atoms with Crippen LogP contribution in [0.2, 0.25) is 0 Å². The van der Waals surface area contributed by atoms with Gasteiger partial charge in [-0.15, -0.1) is 0 Å². The molecule has 0 aromatic heterocycles. The standard InChI is InChI=1S/C27H31N5O2/c28-17-24-23-16-22(31-12-14-34-15-13-31)10-11-25(23)32(21-2-1-3-21)26(24)18-4-6-19(7-5-18)29-27(33)30-20-8-9-20/h4-7,10-11,16,20-21,24,26H,1-3,8-9,12-15H2,(H2,29,30,33). The van der Waals surface area contributed by atoms with Gasteiger partial charge >= 0.3 is 6.03 Å². The average molecular weight is 458 g/mol. The zero-order valence-corrected chi connectivity index (χ0v) is 19.4. The number of rotatable bonds is 5. The molecule has 2 N–H and O–H groups in total. The maximum Gasteiger partial charge on any atom is 0.319 e. The topological polar surface area (TPSA) is 80.6 Å². The van der Waals surface area contributed by atoms with Crippen molar-refractivity contribution in [2.45, 2.75) is 56.1 Å². The number of hydrogen-bond donors (Lipinski definition) is 2. The number of benzene rings is 2. The fraction of sp³-hybridized carbons (Fsp3) is 0.481. The van der Waals surface area contributed by atoms with Gasteiger partial charge in [0.1, 0.15) is 0 Å². The Labute approximate surface area is 200 Å². The fourth-order valence-corrected chi connectivity index (χ4v) is 5.45. The first-order valence-electron chi connectivity index (χ1n) is 12.5. The molecule has 2 unspecified atom stereocenters. The third-order valence-electron chi connectivity index (χ3n) is 7.65. The molecule has 2 aliphatic carbocycles. The number of anilines is 3. The average Bonchev–Trinajstić information content (AvgIpc) is 3.59. The van der Waals surface area contributed by atoms with Crippen LogP contribution in [0.15, 0.2) is 42.5 Å². The minimum absolute atomic E-state index is 0.0143. The number of carbonyl (C=O) groups excluding carboxylic acids is 1. The quantitative estimate of drug-likeness (QED) is 0.690. The SMILES string of the molecule is N#CC1c2cc(N3CCOCC3)ccc2N(C2CCC2)C1c1ccc(NC(=O)NC2CC2)cc1. The van der Waals surface area contributed by atoms with Crippen LogP contribution < -0.4 is 20.4 Å². The van der Waals surface area contributed by atoms with Gasteiger partial charge < -0.3 is 25.2 Å². The molecule has 2 aromatic carbocycles. The van der Waals surface area contributed by atoms with Crippen LogP contribution in [0.1, 0.15) is 55.2 Å². The van der Waals surface area contributed by atoms with E-state index in [2.05, 4.69) is 56.8 Å². The van der Waals surface area contributed by atoms with Crippen LogP contribution in [0.5, 0.6) is 0 Å². The highest BCUT2D eigenvalue weighted by Crippen LogP contribution is 2.53. The zero-order chi connectivity index (χ0) is 23.1. The molecule has 34 heavy (non-hydrogen) atoms. The Morgan fingerprint density at radius 1 is 1.03 bits per heavy atom. The Hall–Kier alpha value is -3.24. The number of nitriles is 1. The highest BCUT2D eigenvalue weighted by molar-refractivity contribution is 5.89. The van der Waals surface area contributed by atoms with Crippen LogP contribution in [0.25, 0.3) is 0 Å². The lowest BCUT2D eigenvalue weighted by Crippen LogP contribution is -2.41. The summed E-state index contributed by atoms with van der Waals surface area (Å²) in [4.78, 5) is 17.0. The van der Waals surface area contributed by atoms with Gasteiger partial charge in [-0.2, -0.15) is 5.26 Å². The summed E-state index contributed by atoms with van der Waals surface area (Å²) < 4.78 is 5.52. The molecule has 2 aliphatic heterocycles. The number of ether oxygens (including phenoxy) is 1. The van der Waals surface area contributed by atoms with Crippen molar-refractivity contribution < 1.29 is 9.53 Å². The Morgan fingerprint density at radius 2 is 1.79 bits per heavy atom. The zero-order valence-electron chi connectivity index (χ0n) is 19.4. The minimum atomic E-state index is -0.228. The summed E-state index contributed by atoms with van der Waals surface area (Å²) in [5, 5.41) is 16.2. The van der Waals surface area contributed by atoms with E-state index in [4.69, 9.17) is 4.74 Å². The van der Waals surface area contributed by atoms with Gasteiger partial charge in [0.05, 0.1) is 31.2 Å². The van der Waals surface area contributed by atoms with Crippen LogP contribution >= 0.6 is 0 Å². The summed E-state index contributed by atoms with van der Waals surface area (Å²) in [6, 6.07) is 18.0. The van der Waals surface area contributed by atoms with Gasteiger partial charge in [0, 0.05) is 42.2 Å². The molecule has 2 heterocycles. The van der Waals surface area contributed by atoms with Crippen LogP contribution in [-0.4, -0.2) is 44.4 Å². The van der Waals surface area contributed by atoms with Gasteiger partial charge in [-0.05, 0) is 73.6 Å². The Morgan fingerprint density at radius 3 is 2.44 bits per heavy atom. The maximum atomic E-state index is 12.1. The number of hydrogen-bond acceptors (Lipinski definition) is 5. The van der Waals surface area contributed by atoms with Gasteiger partial charge in [-0.1, -0.05) is 12.1 Å². The molecule has 2 amide bonds. The van der Waals surface area contributed by atoms with E-state index in [1.165, 1.54) is 30.6 Å². The molecule has 2 aromatic rings. The first kappa shape index (κ1) is 21.3. The van der Waals surface area contributed by atoms with Crippen molar-refractivity contribution in [3.05, 3.63) is 53.6 Å². The number of fused-ring (bicyclic) bond motifs is 1. The second kappa shape index (κ2) is 8.84. The molecule has 4 aliphatic rings. The third-order valence-corrected chi connectivity index (χ3v) is 7.65. The van der Waals surface area contributed by atoms with Crippen LogP contribution in [0.4, 0.5) is 21.9 Å². The van der Waals surface area contributed by atoms with E-state index in [9.17, 15) is 10.1 Å². The highest BCUT2D eigenvalue weighted by atomic mass is 16.5. The van der Waals surface area contributed by atoms with Gasteiger partial charge in [-0.3, -0.25) is 0 Å². The van der Waals surface area contributed by atoms with E-state index >= 15 is 0 Å². The molecule has 3 fully saturated rings. The summed E-state index contributed by atoms with van der Waals surface area (Å²) in [6.07, 6.45) is 5.70. The van der Waals surface area contributed by atoms with Crippen LogP contribution in [0.3, 0.4) is 0 Å². The predicted molar refractivity (Wildman–Crippen MR) is 132 cm³/mol. The van der Waals surface area contributed by atoms with Gasteiger partial charge in [-0.25, -0.2) is 4.79 Å². The summed E-state index contributed by atoms with van der Waals surface area (Å²) in [5.74, 6) is -0.228. The molecule has 7 nitrogen and oxygen atoms in total. The molecular formula is C27H31N5O2. The first-order valence-corrected chi connectivity index (χ1v) is 12.5. The van der Waals surface area contributed by atoms with Crippen molar-refractivity contribution in [3.8, 4) is 6.07 Å². The molecule has 176 valence electrons. The number of carbonyl (C=O) groups is 1. The molecular weight excluding hydrogens is 426 g/mol. The van der Waals surface area contributed by atoms with Crippen molar-refractivity contribution in [1.29, 1.82) is 5.26 Å². The third kappa shape index (κ3) is 3.97. The number of amides is 2. The lowest BCUT2D eigenvalue weighted by molar-refractivity contribution is 0.122. The Kier molecular flexibility index (Phi) is 5.54. The predicted octanol–water partition coefficient (Wildman–Crippen LogP) is 4.53. The van der Waals surface area contributed by atoms with E-state index in [-0.39, 0.29) is 18.0 Å². The normalized spacial score (nSPS) is 24.2. The van der Waals surface area contributed by atoms with Crippen molar-refractivity contribution in [2.75, 3.05) is 41.4 Å². The van der Waals surface area contributed by atoms with Crippen LogP contribution in [-0.2, 0) is 4.74 Å². The fourth-order valence-electron chi connectivity index (χ4n) is 5.45. The molecule has 0 radical (unpaired) electrons. The number of nitrogens with one attached hydrogen (secondary N) is 2. The van der Waals surface area contributed by atoms with Crippen molar-refractivity contribution in [2.24, 2.45) is 0 Å². The van der Waals surface area contributed by atoms with Gasteiger partial charge in [0.15, 0.2) is 0 Å². The Bertz CT molecular complexity index is 1100. The van der Waals surface area contributed by atoms with Crippen molar-refractivity contribution >= 4 is 23.1 Å². The molecule has 0 spiro atoms.